The molecule has 2 rings (SSSR count). The van der Waals surface area contributed by atoms with Crippen molar-refractivity contribution < 1.29 is 0 Å². The summed E-state index contributed by atoms with van der Waals surface area (Å²) in [6.45, 7) is 3.81. The number of hydrogen-bond donors (Lipinski definition) is 1. The minimum atomic E-state index is 0.439. The SMILES string of the molecule is Cc1c(Cl)cccc1-n1nnc(N)c1C. The standard InChI is InChI=1S/C10H11ClN4/c1-6-8(11)4-3-5-9(6)15-7(2)10(12)13-14-15/h3-5H,12H2,1-2H3. The van der Waals surface area contributed by atoms with E-state index in [1.807, 2.05) is 32.0 Å². The number of nitrogens with two attached hydrogens (primary N) is 1. The molecule has 0 aliphatic heterocycles. The Morgan fingerprint density at radius 2 is 2.07 bits per heavy atom. The molecule has 0 saturated heterocycles. The van der Waals surface area contributed by atoms with Crippen molar-refractivity contribution in [3.05, 3.63) is 34.5 Å². The van der Waals surface area contributed by atoms with Gasteiger partial charge in [0.15, 0.2) is 5.82 Å². The number of nitrogens with zero attached hydrogens (tertiary/aromatic N) is 3. The summed E-state index contributed by atoms with van der Waals surface area (Å²) >= 11 is 6.03. The van der Waals surface area contributed by atoms with Gasteiger partial charge in [-0.05, 0) is 31.5 Å². The number of aromatic nitrogens is 3. The van der Waals surface area contributed by atoms with Gasteiger partial charge in [-0.2, -0.15) is 0 Å². The van der Waals surface area contributed by atoms with Crippen molar-refractivity contribution in [2.75, 3.05) is 5.73 Å². The maximum absolute atomic E-state index is 6.03. The summed E-state index contributed by atoms with van der Waals surface area (Å²) in [5, 5.41) is 8.49. The van der Waals surface area contributed by atoms with Crippen LogP contribution in [-0.2, 0) is 0 Å². The Morgan fingerprint density at radius 1 is 1.33 bits per heavy atom. The first-order chi connectivity index (χ1) is 7.11. The van der Waals surface area contributed by atoms with Gasteiger partial charge in [-0.1, -0.05) is 22.9 Å². The van der Waals surface area contributed by atoms with Crippen molar-refractivity contribution in [1.29, 1.82) is 0 Å². The molecule has 0 aliphatic carbocycles. The molecule has 0 aliphatic rings. The molecular formula is C10H11ClN4. The Balaban J connectivity index is 2.64. The monoisotopic (exact) mass is 222 g/mol. The number of halogens is 1. The smallest absolute Gasteiger partial charge is 0.169 e. The van der Waals surface area contributed by atoms with E-state index in [1.54, 1.807) is 4.68 Å². The van der Waals surface area contributed by atoms with Crippen molar-refractivity contribution in [1.82, 2.24) is 15.0 Å². The maximum atomic E-state index is 6.03. The van der Waals surface area contributed by atoms with Crippen LogP contribution in [0.1, 0.15) is 11.3 Å². The third-order valence-electron chi connectivity index (χ3n) is 2.40. The van der Waals surface area contributed by atoms with Gasteiger partial charge < -0.3 is 5.73 Å². The van der Waals surface area contributed by atoms with Crippen LogP contribution in [0.5, 0.6) is 0 Å². The second kappa shape index (κ2) is 3.55. The number of nitrogen functional groups attached to an aromatic ring is 1. The van der Waals surface area contributed by atoms with E-state index in [0.29, 0.717) is 10.8 Å². The third-order valence-corrected chi connectivity index (χ3v) is 2.81. The van der Waals surface area contributed by atoms with E-state index >= 15 is 0 Å². The van der Waals surface area contributed by atoms with E-state index in [2.05, 4.69) is 10.3 Å². The average Bonchev–Trinajstić information content (AvgIpc) is 2.53. The Hall–Kier alpha value is -1.55. The van der Waals surface area contributed by atoms with Crippen LogP contribution in [0.4, 0.5) is 5.82 Å². The molecule has 1 aromatic heterocycles. The number of benzene rings is 1. The molecule has 0 radical (unpaired) electrons. The summed E-state index contributed by atoms with van der Waals surface area (Å²) in [4.78, 5) is 0. The Bertz CT molecular complexity index is 504. The summed E-state index contributed by atoms with van der Waals surface area (Å²) in [5.41, 5.74) is 8.33. The molecule has 0 fully saturated rings. The lowest BCUT2D eigenvalue weighted by atomic mass is 10.2. The summed E-state index contributed by atoms with van der Waals surface area (Å²) in [5.74, 6) is 0.439. The molecule has 0 unspecified atom stereocenters. The van der Waals surface area contributed by atoms with E-state index in [-0.39, 0.29) is 0 Å². The van der Waals surface area contributed by atoms with Gasteiger partial charge in [0.05, 0.1) is 11.4 Å². The molecule has 1 aromatic carbocycles. The number of hydrogen-bond acceptors (Lipinski definition) is 3. The quantitative estimate of drug-likeness (QED) is 0.804. The second-order valence-electron chi connectivity index (χ2n) is 3.36. The lowest BCUT2D eigenvalue weighted by Gasteiger charge is -2.07. The zero-order valence-electron chi connectivity index (χ0n) is 8.53. The highest BCUT2D eigenvalue weighted by Crippen LogP contribution is 2.23. The molecule has 0 amide bonds. The van der Waals surface area contributed by atoms with Crippen LogP contribution in [0.25, 0.3) is 5.69 Å². The lowest BCUT2D eigenvalue weighted by Crippen LogP contribution is -2.02. The van der Waals surface area contributed by atoms with Gasteiger partial charge in [0.1, 0.15) is 0 Å². The van der Waals surface area contributed by atoms with Crippen LogP contribution in [0.2, 0.25) is 5.02 Å². The zero-order valence-corrected chi connectivity index (χ0v) is 9.28. The van der Waals surface area contributed by atoms with Gasteiger partial charge in [-0.15, -0.1) is 5.10 Å². The van der Waals surface area contributed by atoms with E-state index in [4.69, 9.17) is 17.3 Å². The highest BCUT2D eigenvalue weighted by molar-refractivity contribution is 6.31. The van der Waals surface area contributed by atoms with Crippen molar-refractivity contribution in [2.45, 2.75) is 13.8 Å². The predicted molar refractivity (Wildman–Crippen MR) is 60.3 cm³/mol. The minimum Gasteiger partial charge on any atom is -0.381 e. The van der Waals surface area contributed by atoms with Gasteiger partial charge in [-0.3, -0.25) is 0 Å². The molecule has 4 nitrogen and oxygen atoms in total. The second-order valence-corrected chi connectivity index (χ2v) is 3.76. The number of anilines is 1. The largest absolute Gasteiger partial charge is 0.381 e. The first kappa shape index (κ1) is 9.98. The zero-order chi connectivity index (χ0) is 11.0. The van der Waals surface area contributed by atoms with Gasteiger partial charge in [-0.25, -0.2) is 4.68 Å². The molecular weight excluding hydrogens is 212 g/mol. The molecule has 5 heteroatoms. The Labute approximate surface area is 92.7 Å². The highest BCUT2D eigenvalue weighted by Gasteiger charge is 2.10. The molecule has 15 heavy (non-hydrogen) atoms. The van der Waals surface area contributed by atoms with Crippen LogP contribution in [0, 0.1) is 13.8 Å². The fourth-order valence-corrected chi connectivity index (χ4v) is 1.56. The number of rotatable bonds is 1. The lowest BCUT2D eigenvalue weighted by molar-refractivity contribution is 0.781. The molecule has 2 aromatic rings. The topological polar surface area (TPSA) is 56.7 Å². The molecule has 1 heterocycles. The molecule has 0 spiro atoms. The minimum absolute atomic E-state index is 0.439. The normalized spacial score (nSPS) is 10.6. The summed E-state index contributed by atoms with van der Waals surface area (Å²) in [6, 6.07) is 5.65. The van der Waals surface area contributed by atoms with Crippen LogP contribution in [0.15, 0.2) is 18.2 Å². The van der Waals surface area contributed by atoms with Crippen molar-refractivity contribution in [3.8, 4) is 5.69 Å². The maximum Gasteiger partial charge on any atom is 0.169 e. The van der Waals surface area contributed by atoms with E-state index in [1.165, 1.54) is 0 Å². The van der Waals surface area contributed by atoms with E-state index in [0.717, 1.165) is 16.9 Å². The molecule has 0 bridgehead atoms. The summed E-state index contributed by atoms with van der Waals surface area (Å²) < 4.78 is 1.69. The third kappa shape index (κ3) is 1.57. The summed E-state index contributed by atoms with van der Waals surface area (Å²) in [7, 11) is 0. The summed E-state index contributed by atoms with van der Waals surface area (Å²) in [6.07, 6.45) is 0. The van der Waals surface area contributed by atoms with Crippen LogP contribution >= 0.6 is 11.6 Å². The van der Waals surface area contributed by atoms with Gasteiger partial charge >= 0.3 is 0 Å². The van der Waals surface area contributed by atoms with Gasteiger partial charge in [0.2, 0.25) is 0 Å². The van der Waals surface area contributed by atoms with Crippen LogP contribution in [-0.4, -0.2) is 15.0 Å². The first-order valence-electron chi connectivity index (χ1n) is 4.54. The van der Waals surface area contributed by atoms with E-state index < -0.39 is 0 Å². The van der Waals surface area contributed by atoms with Crippen molar-refractivity contribution in [3.63, 3.8) is 0 Å². The fraction of sp³-hybridized carbons (Fsp3) is 0.200. The predicted octanol–water partition coefficient (Wildman–Crippen LogP) is 2.12. The van der Waals surface area contributed by atoms with Gasteiger partial charge in [0.25, 0.3) is 0 Å². The van der Waals surface area contributed by atoms with E-state index in [9.17, 15) is 0 Å². The van der Waals surface area contributed by atoms with Crippen molar-refractivity contribution in [2.24, 2.45) is 0 Å². The fourth-order valence-electron chi connectivity index (χ4n) is 1.40. The average molecular weight is 223 g/mol. The van der Waals surface area contributed by atoms with Crippen LogP contribution in [0.3, 0.4) is 0 Å². The van der Waals surface area contributed by atoms with Crippen molar-refractivity contribution >= 4 is 17.4 Å². The van der Waals surface area contributed by atoms with Gasteiger partial charge in [0, 0.05) is 5.02 Å². The molecule has 0 atom stereocenters. The molecule has 2 N–H and O–H groups in total. The highest BCUT2D eigenvalue weighted by atomic mass is 35.5. The molecule has 78 valence electrons. The first-order valence-corrected chi connectivity index (χ1v) is 4.92. The Kier molecular flexibility index (Phi) is 2.36. The van der Waals surface area contributed by atoms with Crippen LogP contribution < -0.4 is 5.73 Å². The molecule has 0 saturated carbocycles. The Morgan fingerprint density at radius 3 is 2.67 bits per heavy atom.